The number of anilines is 1. The number of hydrogen-bond acceptors (Lipinski definition) is 4. The van der Waals surface area contributed by atoms with Crippen molar-refractivity contribution >= 4 is 17.3 Å². The molecule has 0 aliphatic heterocycles. The van der Waals surface area contributed by atoms with E-state index in [2.05, 4.69) is 25.6 Å². The first-order valence-corrected chi connectivity index (χ1v) is 8.01. The number of halogens is 1. The zero-order valence-electron chi connectivity index (χ0n) is 12.8. The van der Waals surface area contributed by atoms with Crippen LogP contribution in [0.3, 0.4) is 0 Å². The number of nitrogens with zero attached hydrogens (tertiary/aromatic N) is 4. The average molecular weight is 329 g/mol. The van der Waals surface area contributed by atoms with Crippen molar-refractivity contribution in [1.82, 2.24) is 25.0 Å². The fraction of sp³-hybridized carbons (Fsp3) is 0.312. The highest BCUT2D eigenvalue weighted by molar-refractivity contribution is 6.30. The molecule has 1 saturated carbocycles. The van der Waals surface area contributed by atoms with Crippen LogP contribution in [0.25, 0.3) is 11.4 Å². The molecule has 1 fully saturated rings. The number of benzene rings is 1. The molecule has 0 atom stereocenters. The predicted molar refractivity (Wildman–Crippen MR) is 89.3 cm³/mol. The van der Waals surface area contributed by atoms with Gasteiger partial charge >= 0.3 is 0 Å². The molecule has 23 heavy (non-hydrogen) atoms. The van der Waals surface area contributed by atoms with Crippen LogP contribution < -0.4 is 5.32 Å². The number of rotatable bonds is 5. The monoisotopic (exact) mass is 328 g/mol. The molecule has 1 aliphatic rings. The van der Waals surface area contributed by atoms with Crippen molar-refractivity contribution in [2.24, 2.45) is 7.05 Å². The van der Waals surface area contributed by atoms with Crippen LogP contribution >= 0.6 is 11.6 Å². The van der Waals surface area contributed by atoms with Crippen LogP contribution in [0.4, 0.5) is 5.69 Å². The number of aromatic nitrogens is 5. The molecule has 3 aromatic rings. The Morgan fingerprint density at radius 2 is 2.09 bits per heavy atom. The van der Waals surface area contributed by atoms with Crippen LogP contribution in [0, 0.1) is 0 Å². The zero-order valence-corrected chi connectivity index (χ0v) is 13.5. The molecule has 0 spiro atoms. The number of aryl methyl sites for hydroxylation is 1. The van der Waals surface area contributed by atoms with E-state index < -0.39 is 0 Å². The first-order valence-electron chi connectivity index (χ1n) is 7.63. The van der Waals surface area contributed by atoms with Gasteiger partial charge in [0.2, 0.25) is 0 Å². The Kier molecular flexibility index (Phi) is 3.53. The lowest BCUT2D eigenvalue weighted by molar-refractivity contribution is 0.768. The van der Waals surface area contributed by atoms with Crippen molar-refractivity contribution in [3.05, 3.63) is 47.0 Å². The molecule has 7 heteroatoms. The number of aromatic amines is 1. The molecule has 0 unspecified atom stereocenters. The van der Waals surface area contributed by atoms with Gasteiger partial charge in [-0.25, -0.2) is 4.98 Å². The first kappa shape index (κ1) is 14.3. The molecule has 118 valence electrons. The molecule has 6 nitrogen and oxygen atoms in total. The molecule has 0 saturated heterocycles. The van der Waals surface area contributed by atoms with E-state index >= 15 is 0 Å². The second-order valence-corrected chi connectivity index (χ2v) is 6.21. The molecule has 2 N–H and O–H groups in total. The van der Waals surface area contributed by atoms with E-state index in [-0.39, 0.29) is 0 Å². The quantitative estimate of drug-likeness (QED) is 0.753. The molecule has 2 aromatic heterocycles. The summed E-state index contributed by atoms with van der Waals surface area (Å²) in [4.78, 5) is 4.25. The van der Waals surface area contributed by atoms with Crippen molar-refractivity contribution < 1.29 is 0 Å². The molecule has 0 bridgehead atoms. The average Bonchev–Trinajstić information content (AvgIpc) is 3.21. The molecule has 2 heterocycles. The van der Waals surface area contributed by atoms with Crippen molar-refractivity contribution in [2.75, 3.05) is 5.32 Å². The largest absolute Gasteiger partial charge is 0.381 e. The summed E-state index contributed by atoms with van der Waals surface area (Å²) in [6, 6.07) is 8.07. The summed E-state index contributed by atoms with van der Waals surface area (Å²) < 4.78 is 1.70. The molecular formula is C16H17ClN6. The topological polar surface area (TPSA) is 71.4 Å². The van der Waals surface area contributed by atoms with Gasteiger partial charge in [0.05, 0.1) is 0 Å². The van der Waals surface area contributed by atoms with Gasteiger partial charge in [0, 0.05) is 42.0 Å². The maximum absolute atomic E-state index is 6.19. The smallest absolute Gasteiger partial charge is 0.181 e. The van der Waals surface area contributed by atoms with Crippen molar-refractivity contribution in [1.29, 1.82) is 0 Å². The van der Waals surface area contributed by atoms with Gasteiger partial charge in [0.1, 0.15) is 6.33 Å². The number of H-pyrrole nitrogens is 1. The molecule has 1 aliphatic carbocycles. The van der Waals surface area contributed by atoms with Gasteiger partial charge in [-0.3, -0.25) is 9.78 Å². The molecule has 4 rings (SSSR count). The van der Waals surface area contributed by atoms with Gasteiger partial charge in [0.25, 0.3) is 0 Å². The highest BCUT2D eigenvalue weighted by Crippen LogP contribution is 2.42. The van der Waals surface area contributed by atoms with E-state index in [0.29, 0.717) is 17.6 Å². The van der Waals surface area contributed by atoms with Crippen molar-refractivity contribution in [2.45, 2.75) is 25.3 Å². The normalized spacial score (nSPS) is 14.2. The van der Waals surface area contributed by atoms with Gasteiger partial charge in [-0.1, -0.05) is 11.6 Å². The fourth-order valence-corrected chi connectivity index (χ4v) is 2.84. The first-order chi connectivity index (χ1) is 11.2. The maximum Gasteiger partial charge on any atom is 0.181 e. The summed E-state index contributed by atoms with van der Waals surface area (Å²) in [6.45, 7) is 0.669. The third-order valence-electron chi connectivity index (χ3n) is 4.05. The SMILES string of the molecule is Cn1cnc(-c2ccc(NCc3c(Cl)n[nH]c3C3CC3)cc2)n1. The Bertz CT molecular complexity index is 815. The Labute approximate surface area is 138 Å². The van der Waals surface area contributed by atoms with Gasteiger partial charge in [-0.15, -0.1) is 0 Å². The van der Waals surface area contributed by atoms with E-state index in [1.807, 2.05) is 31.3 Å². The van der Waals surface area contributed by atoms with Crippen molar-refractivity contribution in [3.8, 4) is 11.4 Å². The summed E-state index contributed by atoms with van der Waals surface area (Å²) in [5, 5.41) is 15.5. The molecule has 0 amide bonds. The lowest BCUT2D eigenvalue weighted by atomic mass is 10.1. The molecule has 1 aromatic carbocycles. The van der Waals surface area contributed by atoms with E-state index in [4.69, 9.17) is 11.6 Å². The van der Waals surface area contributed by atoms with Crippen LogP contribution in [0.2, 0.25) is 5.15 Å². The second kappa shape index (κ2) is 5.70. The van der Waals surface area contributed by atoms with Crippen LogP contribution in [0.1, 0.15) is 30.0 Å². The van der Waals surface area contributed by atoms with Gasteiger partial charge in [-0.05, 0) is 37.1 Å². The third-order valence-corrected chi connectivity index (χ3v) is 4.36. The number of nitrogens with one attached hydrogen (secondary N) is 2. The van der Waals surface area contributed by atoms with Gasteiger partial charge in [-0.2, -0.15) is 10.2 Å². The Morgan fingerprint density at radius 3 is 2.74 bits per heavy atom. The second-order valence-electron chi connectivity index (χ2n) is 5.85. The summed E-state index contributed by atoms with van der Waals surface area (Å²) in [5.41, 5.74) is 4.28. The minimum absolute atomic E-state index is 0.564. The summed E-state index contributed by atoms with van der Waals surface area (Å²) in [6.07, 6.45) is 4.14. The highest BCUT2D eigenvalue weighted by atomic mass is 35.5. The minimum Gasteiger partial charge on any atom is -0.381 e. The van der Waals surface area contributed by atoms with E-state index in [9.17, 15) is 0 Å². The van der Waals surface area contributed by atoms with Gasteiger partial charge < -0.3 is 5.32 Å². The van der Waals surface area contributed by atoms with Gasteiger partial charge in [0.15, 0.2) is 11.0 Å². The Balaban J connectivity index is 1.46. The lowest BCUT2D eigenvalue weighted by Crippen LogP contribution is -2.01. The summed E-state index contributed by atoms with van der Waals surface area (Å²) in [5.74, 6) is 1.33. The Morgan fingerprint density at radius 1 is 1.30 bits per heavy atom. The molecular weight excluding hydrogens is 312 g/mol. The molecule has 0 radical (unpaired) electrons. The van der Waals surface area contributed by atoms with E-state index in [1.54, 1.807) is 11.0 Å². The lowest BCUT2D eigenvalue weighted by Gasteiger charge is -2.07. The maximum atomic E-state index is 6.19. The van der Waals surface area contributed by atoms with Crippen LogP contribution in [0.5, 0.6) is 0 Å². The Hall–Kier alpha value is -2.34. The number of hydrogen-bond donors (Lipinski definition) is 2. The van der Waals surface area contributed by atoms with Crippen molar-refractivity contribution in [3.63, 3.8) is 0 Å². The van der Waals surface area contributed by atoms with E-state index in [1.165, 1.54) is 18.5 Å². The van der Waals surface area contributed by atoms with E-state index in [0.717, 1.165) is 22.6 Å². The fourth-order valence-electron chi connectivity index (χ4n) is 2.63. The van der Waals surface area contributed by atoms with Crippen LogP contribution in [0.15, 0.2) is 30.6 Å². The third kappa shape index (κ3) is 2.94. The minimum atomic E-state index is 0.564. The standard InChI is InChI=1S/C16H17ClN6/c1-23-9-19-16(22-23)11-4-6-12(7-5-11)18-8-13-14(10-2-3-10)20-21-15(13)17/h4-7,9-10,18H,2-3,8H2,1H3,(H,20,21). The summed E-state index contributed by atoms with van der Waals surface area (Å²) in [7, 11) is 1.86. The predicted octanol–water partition coefficient (Wildman–Crippen LogP) is 3.35. The zero-order chi connectivity index (χ0) is 15.8. The van der Waals surface area contributed by atoms with Crippen LogP contribution in [-0.2, 0) is 13.6 Å². The summed E-state index contributed by atoms with van der Waals surface area (Å²) >= 11 is 6.19. The van der Waals surface area contributed by atoms with Crippen LogP contribution in [-0.4, -0.2) is 25.0 Å². The highest BCUT2D eigenvalue weighted by Gasteiger charge is 2.29.